The third-order valence-electron chi connectivity index (χ3n) is 5.06. The zero-order valence-electron chi connectivity index (χ0n) is 15.2. The van der Waals surface area contributed by atoms with Gasteiger partial charge in [-0.2, -0.15) is 0 Å². The van der Waals surface area contributed by atoms with Crippen molar-refractivity contribution < 1.29 is 19.4 Å². The van der Waals surface area contributed by atoms with Crippen molar-refractivity contribution in [2.75, 3.05) is 19.7 Å². The van der Waals surface area contributed by atoms with Gasteiger partial charge in [-0.25, -0.2) is 4.98 Å². The molecule has 4 atom stereocenters. The average molecular weight is 381 g/mol. The number of rotatable bonds is 10. The van der Waals surface area contributed by atoms with Crippen molar-refractivity contribution in [2.45, 2.75) is 45.3 Å². The van der Waals surface area contributed by atoms with Crippen molar-refractivity contribution in [1.82, 2.24) is 15.6 Å². The SMILES string of the molecule is CC(C)NCC(O)COc1ncc(C(=O)NCCC2C3CCC(=O)C23)s1. The number of ketones is 1. The van der Waals surface area contributed by atoms with Gasteiger partial charge in [-0.05, 0) is 24.7 Å². The molecule has 1 amide bonds. The van der Waals surface area contributed by atoms with E-state index in [1.807, 2.05) is 13.8 Å². The highest BCUT2D eigenvalue weighted by atomic mass is 32.1. The van der Waals surface area contributed by atoms with E-state index in [1.165, 1.54) is 17.5 Å². The Morgan fingerprint density at radius 3 is 3.00 bits per heavy atom. The van der Waals surface area contributed by atoms with Gasteiger partial charge in [0.05, 0.1) is 6.20 Å². The summed E-state index contributed by atoms with van der Waals surface area (Å²) in [5, 5.41) is 16.2. The predicted octanol–water partition coefficient (Wildman–Crippen LogP) is 1.23. The third-order valence-corrected chi connectivity index (χ3v) is 5.97. The highest BCUT2D eigenvalue weighted by molar-refractivity contribution is 7.15. The number of aliphatic hydroxyl groups excluding tert-OH is 1. The van der Waals surface area contributed by atoms with Gasteiger partial charge in [0.15, 0.2) is 0 Å². The van der Waals surface area contributed by atoms with Crippen LogP contribution in [0.3, 0.4) is 0 Å². The lowest BCUT2D eigenvalue weighted by atomic mass is 10.1. The molecule has 1 aromatic rings. The number of Topliss-reactive ketones (excluding diaryl/α,β-unsaturated/α-hetero) is 1. The first kappa shape index (κ1) is 19.3. The molecule has 0 saturated heterocycles. The lowest BCUT2D eigenvalue weighted by Crippen LogP contribution is -2.35. The second-order valence-corrected chi connectivity index (χ2v) is 8.41. The van der Waals surface area contributed by atoms with E-state index in [1.54, 1.807) is 0 Å². The zero-order chi connectivity index (χ0) is 18.7. The smallest absolute Gasteiger partial charge is 0.273 e. The number of amides is 1. The summed E-state index contributed by atoms with van der Waals surface area (Å²) in [6, 6.07) is 0.299. The fraction of sp³-hybridized carbons (Fsp3) is 0.722. The van der Waals surface area contributed by atoms with Crippen LogP contribution in [0, 0.1) is 17.8 Å². The lowest BCUT2D eigenvalue weighted by Gasteiger charge is -2.13. The quantitative estimate of drug-likeness (QED) is 0.564. The minimum Gasteiger partial charge on any atom is -0.467 e. The van der Waals surface area contributed by atoms with Crippen molar-refractivity contribution in [2.24, 2.45) is 17.8 Å². The second-order valence-electron chi connectivity index (χ2n) is 7.42. The summed E-state index contributed by atoms with van der Waals surface area (Å²) in [6.07, 6.45) is 3.49. The van der Waals surface area contributed by atoms with Gasteiger partial charge in [0.1, 0.15) is 23.4 Å². The number of nitrogens with one attached hydrogen (secondary N) is 2. The molecule has 0 aliphatic heterocycles. The van der Waals surface area contributed by atoms with Crippen LogP contribution in [0.4, 0.5) is 0 Å². The number of carbonyl (C=O) groups excluding carboxylic acids is 2. The maximum absolute atomic E-state index is 12.2. The summed E-state index contributed by atoms with van der Waals surface area (Å²) in [4.78, 5) is 28.3. The van der Waals surface area contributed by atoms with Gasteiger partial charge in [0, 0.05) is 31.5 Å². The maximum atomic E-state index is 12.2. The largest absolute Gasteiger partial charge is 0.467 e. The summed E-state index contributed by atoms with van der Waals surface area (Å²) in [5.74, 6) is 1.54. The first-order valence-electron chi connectivity index (χ1n) is 9.26. The Kier molecular flexibility index (Phi) is 6.26. The number of aromatic nitrogens is 1. The molecule has 0 radical (unpaired) electrons. The molecule has 144 valence electrons. The van der Waals surface area contributed by atoms with Gasteiger partial charge in [-0.15, -0.1) is 0 Å². The monoisotopic (exact) mass is 381 g/mol. The molecule has 8 heteroatoms. The van der Waals surface area contributed by atoms with Gasteiger partial charge >= 0.3 is 0 Å². The third kappa shape index (κ3) is 4.81. The van der Waals surface area contributed by atoms with Crippen molar-refractivity contribution in [3.05, 3.63) is 11.1 Å². The highest BCUT2D eigenvalue weighted by Gasteiger charge is 2.56. The molecule has 1 aromatic heterocycles. The Morgan fingerprint density at radius 2 is 2.31 bits per heavy atom. The maximum Gasteiger partial charge on any atom is 0.273 e. The molecule has 1 heterocycles. The molecule has 3 N–H and O–H groups in total. The minimum atomic E-state index is -0.626. The van der Waals surface area contributed by atoms with E-state index in [0.717, 1.165) is 19.3 Å². The second kappa shape index (κ2) is 8.45. The minimum absolute atomic E-state index is 0.132. The van der Waals surface area contributed by atoms with Crippen molar-refractivity contribution in [1.29, 1.82) is 0 Å². The number of aliphatic hydroxyl groups is 1. The Balaban J connectivity index is 1.34. The average Bonchev–Trinajstić information content (AvgIpc) is 2.93. The molecule has 3 rings (SSSR count). The molecular weight excluding hydrogens is 354 g/mol. The number of nitrogens with zero attached hydrogens (tertiary/aromatic N) is 1. The molecule has 2 aliphatic rings. The van der Waals surface area contributed by atoms with Gasteiger partial charge in [-0.1, -0.05) is 25.2 Å². The molecule has 0 spiro atoms. The summed E-state index contributed by atoms with van der Waals surface area (Å²) >= 11 is 1.17. The van der Waals surface area contributed by atoms with Crippen molar-refractivity contribution >= 4 is 23.0 Å². The van der Waals surface area contributed by atoms with Crippen LogP contribution in [0.5, 0.6) is 5.19 Å². The van der Waals surface area contributed by atoms with E-state index >= 15 is 0 Å². The zero-order valence-corrected chi connectivity index (χ0v) is 16.1. The van der Waals surface area contributed by atoms with E-state index < -0.39 is 6.10 Å². The van der Waals surface area contributed by atoms with Crippen molar-refractivity contribution in [3.63, 3.8) is 0 Å². The topological polar surface area (TPSA) is 101 Å². The predicted molar refractivity (Wildman–Crippen MR) is 98.4 cm³/mol. The molecule has 26 heavy (non-hydrogen) atoms. The van der Waals surface area contributed by atoms with Crippen LogP contribution in [0.15, 0.2) is 6.20 Å². The van der Waals surface area contributed by atoms with E-state index in [9.17, 15) is 14.7 Å². The molecule has 7 nitrogen and oxygen atoms in total. The van der Waals surface area contributed by atoms with Gasteiger partial charge in [-0.3, -0.25) is 9.59 Å². The van der Waals surface area contributed by atoms with Crippen molar-refractivity contribution in [3.8, 4) is 5.19 Å². The van der Waals surface area contributed by atoms with E-state index in [2.05, 4.69) is 15.6 Å². The number of hydrogen-bond donors (Lipinski definition) is 3. The summed E-state index contributed by atoms with van der Waals surface area (Å²) < 4.78 is 5.45. The Labute approximate surface area is 157 Å². The molecule has 0 bridgehead atoms. The standard InChI is InChI=1S/C18H27N3O4S/c1-10(2)20-7-11(22)9-25-18-21-8-15(26-18)17(24)19-6-5-13-12-3-4-14(23)16(12)13/h8,10-13,16,20,22H,3-7,9H2,1-2H3,(H,19,24). The normalized spacial score (nSPS) is 25.2. The molecular formula is C18H27N3O4S. The Morgan fingerprint density at radius 1 is 1.50 bits per heavy atom. The fourth-order valence-electron chi connectivity index (χ4n) is 3.65. The summed E-state index contributed by atoms with van der Waals surface area (Å²) in [6.45, 7) is 5.17. The first-order valence-corrected chi connectivity index (χ1v) is 10.1. The van der Waals surface area contributed by atoms with Crippen LogP contribution < -0.4 is 15.4 Å². The number of fused-ring (bicyclic) bond motifs is 1. The van der Waals surface area contributed by atoms with Gasteiger partial charge < -0.3 is 20.5 Å². The van der Waals surface area contributed by atoms with Crippen LogP contribution in [0.25, 0.3) is 0 Å². The Hall–Kier alpha value is -1.51. The summed E-state index contributed by atoms with van der Waals surface area (Å²) in [7, 11) is 0. The van der Waals surface area contributed by atoms with Crippen LogP contribution in [0.2, 0.25) is 0 Å². The number of thiazole rings is 1. The number of carbonyl (C=O) groups is 2. The summed E-state index contributed by atoms with van der Waals surface area (Å²) in [5.41, 5.74) is 0. The number of hydrogen-bond acceptors (Lipinski definition) is 7. The molecule has 2 fully saturated rings. The first-order chi connectivity index (χ1) is 12.5. The molecule has 2 aliphatic carbocycles. The highest BCUT2D eigenvalue weighted by Crippen LogP contribution is 2.56. The molecule has 4 unspecified atom stereocenters. The fourth-order valence-corrected chi connectivity index (χ4v) is 4.34. The van der Waals surface area contributed by atoms with Crippen LogP contribution in [0.1, 0.15) is 42.8 Å². The Bertz CT molecular complexity index is 648. The molecule has 0 aromatic carbocycles. The molecule has 2 saturated carbocycles. The lowest BCUT2D eigenvalue weighted by molar-refractivity contribution is -0.119. The van der Waals surface area contributed by atoms with Crippen LogP contribution >= 0.6 is 11.3 Å². The van der Waals surface area contributed by atoms with E-state index in [-0.39, 0.29) is 18.4 Å². The van der Waals surface area contributed by atoms with Crippen LogP contribution in [-0.4, -0.2) is 53.6 Å². The van der Waals surface area contributed by atoms with E-state index in [4.69, 9.17) is 4.74 Å². The van der Waals surface area contributed by atoms with Gasteiger partial charge in [0.2, 0.25) is 0 Å². The van der Waals surface area contributed by atoms with E-state index in [0.29, 0.717) is 46.8 Å². The number of ether oxygens (including phenoxy) is 1. The van der Waals surface area contributed by atoms with Crippen LogP contribution in [-0.2, 0) is 4.79 Å². The van der Waals surface area contributed by atoms with Gasteiger partial charge in [0.25, 0.3) is 11.1 Å².